The summed E-state index contributed by atoms with van der Waals surface area (Å²) in [6, 6.07) is 10.3. The van der Waals surface area contributed by atoms with E-state index in [0.717, 1.165) is 51.3 Å². The molecule has 1 unspecified atom stereocenters. The Labute approximate surface area is 159 Å². The van der Waals surface area contributed by atoms with Gasteiger partial charge in [-0.25, -0.2) is 9.67 Å². The van der Waals surface area contributed by atoms with Gasteiger partial charge in [0.25, 0.3) is 0 Å². The van der Waals surface area contributed by atoms with Gasteiger partial charge in [0.15, 0.2) is 5.82 Å². The molecule has 26 heavy (non-hydrogen) atoms. The summed E-state index contributed by atoms with van der Waals surface area (Å²) in [4.78, 5) is 21.4. The second-order valence-corrected chi connectivity index (χ2v) is 6.70. The third-order valence-corrected chi connectivity index (χ3v) is 5.05. The molecule has 1 amide bonds. The molecule has 1 aromatic carbocycles. The fraction of sp³-hybridized carbons (Fsp3) is 0.500. The van der Waals surface area contributed by atoms with E-state index in [2.05, 4.69) is 20.3 Å². The van der Waals surface area contributed by atoms with Gasteiger partial charge in [0.05, 0.1) is 0 Å². The number of likely N-dealkylation sites (tertiary alicyclic amines) is 1. The van der Waals surface area contributed by atoms with Crippen molar-refractivity contribution in [3.63, 3.8) is 0 Å². The van der Waals surface area contributed by atoms with Gasteiger partial charge in [-0.2, -0.15) is 5.10 Å². The van der Waals surface area contributed by atoms with Crippen molar-refractivity contribution >= 4 is 18.3 Å². The molecule has 140 valence electrons. The first-order valence-corrected chi connectivity index (χ1v) is 8.97. The molecule has 1 aromatic heterocycles. The standard InChI is InChI=1S/C18H24N6O.ClH/c25-17(23-9-6-16(12-23)22-10-7-19-8-11-22)13-24-14-20-18(21-24)15-4-2-1-3-5-15;/h1-5,14,16,19H,6-13H2;1H. The maximum absolute atomic E-state index is 12.6. The van der Waals surface area contributed by atoms with E-state index in [1.807, 2.05) is 35.2 Å². The van der Waals surface area contributed by atoms with Crippen LogP contribution in [-0.4, -0.2) is 75.8 Å². The van der Waals surface area contributed by atoms with E-state index >= 15 is 0 Å². The monoisotopic (exact) mass is 376 g/mol. The first-order valence-electron chi connectivity index (χ1n) is 8.97. The van der Waals surface area contributed by atoms with E-state index in [1.165, 1.54) is 0 Å². The normalized spacial score (nSPS) is 20.8. The molecule has 2 aliphatic heterocycles. The number of carbonyl (C=O) groups is 1. The van der Waals surface area contributed by atoms with E-state index < -0.39 is 0 Å². The van der Waals surface area contributed by atoms with Crippen LogP contribution in [0.15, 0.2) is 36.7 Å². The first kappa shape index (κ1) is 18.8. The average molecular weight is 377 g/mol. The Hall–Kier alpha value is -1.96. The van der Waals surface area contributed by atoms with Gasteiger partial charge in [0.2, 0.25) is 5.91 Å². The van der Waals surface area contributed by atoms with Gasteiger partial charge in [0.1, 0.15) is 12.9 Å². The molecule has 2 aromatic rings. The van der Waals surface area contributed by atoms with Crippen molar-refractivity contribution < 1.29 is 4.79 Å². The van der Waals surface area contributed by atoms with Crippen LogP contribution in [0.25, 0.3) is 11.4 Å². The fourth-order valence-electron chi connectivity index (χ4n) is 3.64. The van der Waals surface area contributed by atoms with Crippen molar-refractivity contribution in [2.45, 2.75) is 19.0 Å². The average Bonchev–Trinajstić information content (AvgIpc) is 3.33. The molecular formula is C18H25ClN6O. The minimum absolute atomic E-state index is 0. The molecule has 0 aliphatic carbocycles. The van der Waals surface area contributed by atoms with Crippen LogP contribution >= 0.6 is 12.4 Å². The highest BCUT2D eigenvalue weighted by Crippen LogP contribution is 2.17. The maximum Gasteiger partial charge on any atom is 0.244 e. The maximum atomic E-state index is 12.6. The molecule has 1 atom stereocenters. The van der Waals surface area contributed by atoms with Crippen LogP contribution in [0.2, 0.25) is 0 Å². The van der Waals surface area contributed by atoms with Gasteiger partial charge < -0.3 is 10.2 Å². The summed E-state index contributed by atoms with van der Waals surface area (Å²) in [5.41, 5.74) is 0.966. The van der Waals surface area contributed by atoms with Crippen LogP contribution in [0.1, 0.15) is 6.42 Å². The summed E-state index contributed by atoms with van der Waals surface area (Å²) in [5, 5.41) is 7.82. The Morgan fingerprint density at radius 3 is 2.69 bits per heavy atom. The summed E-state index contributed by atoms with van der Waals surface area (Å²) < 4.78 is 1.64. The summed E-state index contributed by atoms with van der Waals surface area (Å²) in [5.74, 6) is 0.788. The van der Waals surface area contributed by atoms with Gasteiger partial charge in [-0.05, 0) is 6.42 Å². The molecule has 2 fully saturated rings. The highest BCUT2D eigenvalue weighted by Gasteiger charge is 2.30. The van der Waals surface area contributed by atoms with Crippen LogP contribution in [-0.2, 0) is 11.3 Å². The molecule has 0 saturated carbocycles. The van der Waals surface area contributed by atoms with Crippen molar-refractivity contribution in [3.8, 4) is 11.4 Å². The molecule has 0 radical (unpaired) electrons. The molecule has 2 aliphatic rings. The van der Waals surface area contributed by atoms with E-state index in [9.17, 15) is 4.79 Å². The molecular weight excluding hydrogens is 352 g/mol. The van der Waals surface area contributed by atoms with E-state index in [4.69, 9.17) is 0 Å². The minimum atomic E-state index is 0. The van der Waals surface area contributed by atoms with E-state index in [0.29, 0.717) is 11.9 Å². The molecule has 8 heteroatoms. The fourth-order valence-corrected chi connectivity index (χ4v) is 3.64. The van der Waals surface area contributed by atoms with Crippen LogP contribution in [0, 0.1) is 0 Å². The molecule has 7 nitrogen and oxygen atoms in total. The van der Waals surface area contributed by atoms with Crippen LogP contribution in [0.4, 0.5) is 0 Å². The van der Waals surface area contributed by atoms with Crippen LogP contribution in [0.3, 0.4) is 0 Å². The molecule has 0 spiro atoms. The quantitative estimate of drug-likeness (QED) is 0.857. The van der Waals surface area contributed by atoms with Crippen molar-refractivity contribution in [2.24, 2.45) is 0 Å². The number of hydrogen-bond acceptors (Lipinski definition) is 5. The van der Waals surface area contributed by atoms with Crippen molar-refractivity contribution in [1.29, 1.82) is 0 Å². The number of nitrogens with zero attached hydrogens (tertiary/aromatic N) is 5. The zero-order valence-corrected chi connectivity index (χ0v) is 15.6. The van der Waals surface area contributed by atoms with E-state index in [1.54, 1.807) is 11.0 Å². The van der Waals surface area contributed by atoms with Gasteiger partial charge >= 0.3 is 0 Å². The number of benzene rings is 1. The molecule has 2 saturated heterocycles. The Morgan fingerprint density at radius 2 is 1.92 bits per heavy atom. The Kier molecular flexibility index (Phi) is 6.24. The zero-order valence-electron chi connectivity index (χ0n) is 14.8. The summed E-state index contributed by atoms with van der Waals surface area (Å²) in [6.45, 7) is 6.19. The molecule has 4 rings (SSSR count). The molecule has 3 heterocycles. The number of rotatable bonds is 4. The number of carbonyl (C=O) groups excluding carboxylic acids is 1. The lowest BCUT2D eigenvalue weighted by Gasteiger charge is -2.32. The third kappa shape index (κ3) is 4.23. The molecule has 1 N–H and O–H groups in total. The summed E-state index contributed by atoms with van der Waals surface area (Å²) >= 11 is 0. The Bertz CT molecular complexity index is 715. The van der Waals surface area contributed by atoms with Gasteiger partial charge in [-0.15, -0.1) is 12.4 Å². The largest absolute Gasteiger partial charge is 0.339 e. The van der Waals surface area contributed by atoms with Crippen LogP contribution < -0.4 is 5.32 Å². The first-order chi connectivity index (χ1) is 12.3. The molecule has 0 bridgehead atoms. The third-order valence-electron chi connectivity index (χ3n) is 5.05. The number of piperazine rings is 1. The predicted octanol–water partition coefficient (Wildman–Crippen LogP) is 0.873. The Balaban J connectivity index is 0.00000196. The van der Waals surface area contributed by atoms with Crippen molar-refractivity contribution in [1.82, 2.24) is 29.9 Å². The second kappa shape index (κ2) is 8.62. The van der Waals surface area contributed by atoms with Crippen LogP contribution in [0.5, 0.6) is 0 Å². The highest BCUT2D eigenvalue weighted by molar-refractivity contribution is 5.85. The number of hydrogen-bond donors (Lipinski definition) is 1. The predicted molar refractivity (Wildman–Crippen MR) is 102 cm³/mol. The second-order valence-electron chi connectivity index (χ2n) is 6.70. The number of aromatic nitrogens is 3. The number of amides is 1. The number of halogens is 1. The zero-order chi connectivity index (χ0) is 17.1. The van der Waals surface area contributed by atoms with Gasteiger partial charge in [-0.1, -0.05) is 30.3 Å². The number of nitrogens with one attached hydrogen (secondary N) is 1. The summed E-state index contributed by atoms with van der Waals surface area (Å²) in [6.07, 6.45) is 2.71. The lowest BCUT2D eigenvalue weighted by atomic mass is 10.2. The topological polar surface area (TPSA) is 66.3 Å². The lowest BCUT2D eigenvalue weighted by molar-refractivity contribution is -0.131. The SMILES string of the molecule is Cl.O=C(Cn1cnc(-c2ccccc2)n1)N1CCC(N2CCNCC2)C1. The van der Waals surface area contributed by atoms with Crippen molar-refractivity contribution in [2.75, 3.05) is 39.3 Å². The Morgan fingerprint density at radius 1 is 1.15 bits per heavy atom. The van der Waals surface area contributed by atoms with E-state index in [-0.39, 0.29) is 24.9 Å². The van der Waals surface area contributed by atoms with Crippen molar-refractivity contribution in [3.05, 3.63) is 36.7 Å². The lowest BCUT2D eigenvalue weighted by Crippen LogP contribution is -2.49. The van der Waals surface area contributed by atoms with Gasteiger partial charge in [0, 0.05) is 50.9 Å². The minimum Gasteiger partial charge on any atom is -0.339 e. The smallest absolute Gasteiger partial charge is 0.244 e. The summed E-state index contributed by atoms with van der Waals surface area (Å²) in [7, 11) is 0. The van der Waals surface area contributed by atoms with Gasteiger partial charge in [-0.3, -0.25) is 9.69 Å². The highest BCUT2D eigenvalue weighted by atomic mass is 35.5.